The highest BCUT2D eigenvalue weighted by Gasteiger charge is 2.42. The maximum Gasteiger partial charge on any atom is 0.165 e. The third-order valence-electron chi connectivity index (χ3n) is 2.91. The molecule has 0 radical (unpaired) electrons. The summed E-state index contributed by atoms with van der Waals surface area (Å²) in [6, 6.07) is 4.93. The van der Waals surface area contributed by atoms with Gasteiger partial charge in [-0.15, -0.1) is 0 Å². The second-order valence-corrected chi connectivity index (χ2v) is 4.70. The van der Waals surface area contributed by atoms with Crippen LogP contribution in [0.2, 0.25) is 0 Å². The van der Waals surface area contributed by atoms with Crippen LogP contribution < -0.4 is 4.74 Å². The summed E-state index contributed by atoms with van der Waals surface area (Å²) in [6.45, 7) is 2.51. The van der Waals surface area contributed by atoms with E-state index in [1.165, 1.54) is 6.07 Å². The van der Waals surface area contributed by atoms with E-state index >= 15 is 0 Å². The molecular weight excluding hydrogens is 211 g/mol. The van der Waals surface area contributed by atoms with Gasteiger partial charge in [0.25, 0.3) is 0 Å². The van der Waals surface area contributed by atoms with Gasteiger partial charge in [-0.3, -0.25) is 0 Å². The van der Waals surface area contributed by atoms with Crippen molar-refractivity contribution in [3.63, 3.8) is 0 Å². The van der Waals surface area contributed by atoms with Gasteiger partial charge in [-0.05, 0) is 43.2 Å². The van der Waals surface area contributed by atoms with Gasteiger partial charge in [0, 0.05) is 5.41 Å². The Morgan fingerprint density at radius 3 is 2.80 bits per heavy atom. The van der Waals surface area contributed by atoms with Crippen LogP contribution in [0, 0.1) is 18.2 Å². The Morgan fingerprint density at radius 1 is 1.47 bits per heavy atom. The summed E-state index contributed by atoms with van der Waals surface area (Å²) in [5.41, 5.74) is 1.22. The van der Waals surface area contributed by atoms with Crippen molar-refractivity contribution in [2.45, 2.75) is 19.8 Å². The molecule has 1 aromatic carbocycles. The summed E-state index contributed by atoms with van der Waals surface area (Å²) in [4.78, 5) is 0. The number of hydrogen-bond donors (Lipinski definition) is 1. The molecule has 1 nitrogen and oxygen atoms in total. The van der Waals surface area contributed by atoms with Crippen LogP contribution in [-0.4, -0.2) is 12.4 Å². The molecule has 1 fully saturated rings. The predicted octanol–water partition coefficient (Wildman–Crippen LogP) is 3.22. The summed E-state index contributed by atoms with van der Waals surface area (Å²) >= 11 is 4.28. The van der Waals surface area contributed by atoms with Crippen LogP contribution in [0.15, 0.2) is 18.2 Å². The molecule has 0 spiro atoms. The number of thiol groups is 1. The third-order valence-corrected chi connectivity index (χ3v) is 3.58. The fraction of sp³-hybridized carbons (Fsp3) is 0.500. The van der Waals surface area contributed by atoms with Crippen molar-refractivity contribution in [1.29, 1.82) is 0 Å². The standard InChI is InChI=1S/C12H15FOS/c1-9-2-3-10(13)11(6-9)14-7-12(8-15)4-5-12/h2-3,6,15H,4-5,7-8H2,1H3. The zero-order valence-corrected chi connectivity index (χ0v) is 9.69. The lowest BCUT2D eigenvalue weighted by molar-refractivity contribution is 0.240. The number of ether oxygens (including phenoxy) is 1. The summed E-state index contributed by atoms with van der Waals surface area (Å²) in [5.74, 6) is 0.902. The smallest absolute Gasteiger partial charge is 0.165 e. The Kier molecular flexibility index (Phi) is 2.91. The molecule has 1 saturated carbocycles. The highest BCUT2D eigenvalue weighted by atomic mass is 32.1. The van der Waals surface area contributed by atoms with E-state index in [1.807, 2.05) is 6.92 Å². The van der Waals surface area contributed by atoms with Gasteiger partial charge in [0.1, 0.15) is 0 Å². The van der Waals surface area contributed by atoms with Crippen LogP contribution in [0.4, 0.5) is 4.39 Å². The van der Waals surface area contributed by atoms with Crippen LogP contribution in [0.25, 0.3) is 0 Å². The zero-order valence-electron chi connectivity index (χ0n) is 8.79. The molecule has 1 aromatic rings. The van der Waals surface area contributed by atoms with E-state index in [0.717, 1.165) is 24.2 Å². The third kappa shape index (κ3) is 2.46. The Bertz CT molecular complexity index is 361. The predicted molar refractivity (Wildman–Crippen MR) is 62.2 cm³/mol. The number of halogens is 1. The lowest BCUT2D eigenvalue weighted by atomic mass is 10.1. The minimum atomic E-state index is -0.282. The summed E-state index contributed by atoms with van der Waals surface area (Å²) in [6.07, 6.45) is 2.29. The molecule has 0 aliphatic heterocycles. The number of hydrogen-bond acceptors (Lipinski definition) is 2. The molecule has 0 amide bonds. The molecule has 2 rings (SSSR count). The SMILES string of the molecule is Cc1ccc(F)c(OCC2(CS)CC2)c1. The van der Waals surface area contributed by atoms with E-state index in [-0.39, 0.29) is 11.2 Å². The average Bonchev–Trinajstić information content (AvgIpc) is 3.00. The molecule has 0 unspecified atom stereocenters. The molecule has 3 heteroatoms. The highest BCUT2D eigenvalue weighted by Crippen LogP contribution is 2.46. The van der Waals surface area contributed by atoms with E-state index in [9.17, 15) is 4.39 Å². The number of rotatable bonds is 4. The zero-order chi connectivity index (χ0) is 10.9. The lowest BCUT2D eigenvalue weighted by Crippen LogP contribution is -2.15. The summed E-state index contributed by atoms with van der Waals surface area (Å²) in [7, 11) is 0. The molecule has 0 aromatic heterocycles. The monoisotopic (exact) mass is 226 g/mol. The molecule has 82 valence electrons. The van der Waals surface area contributed by atoms with Gasteiger partial charge in [0.15, 0.2) is 11.6 Å². The van der Waals surface area contributed by atoms with Crippen molar-refractivity contribution in [2.24, 2.45) is 5.41 Å². The Labute approximate surface area is 95.0 Å². The lowest BCUT2D eigenvalue weighted by Gasteiger charge is -2.14. The van der Waals surface area contributed by atoms with Gasteiger partial charge in [-0.25, -0.2) is 4.39 Å². The van der Waals surface area contributed by atoms with E-state index in [4.69, 9.17) is 4.74 Å². The molecule has 0 N–H and O–H groups in total. The topological polar surface area (TPSA) is 9.23 Å². The van der Waals surface area contributed by atoms with Gasteiger partial charge < -0.3 is 4.74 Å². The van der Waals surface area contributed by atoms with Crippen LogP contribution in [-0.2, 0) is 0 Å². The average molecular weight is 226 g/mol. The molecule has 1 aliphatic carbocycles. The van der Waals surface area contributed by atoms with E-state index in [2.05, 4.69) is 12.6 Å². The molecule has 1 aliphatic rings. The van der Waals surface area contributed by atoms with Crippen LogP contribution in [0.3, 0.4) is 0 Å². The molecule has 0 atom stereocenters. The minimum absolute atomic E-state index is 0.208. The molecular formula is C12H15FOS. The van der Waals surface area contributed by atoms with Gasteiger partial charge >= 0.3 is 0 Å². The first-order valence-electron chi connectivity index (χ1n) is 5.15. The quantitative estimate of drug-likeness (QED) is 0.776. The molecule has 0 bridgehead atoms. The van der Waals surface area contributed by atoms with Gasteiger partial charge in [-0.1, -0.05) is 6.07 Å². The first kappa shape index (κ1) is 10.8. The normalized spacial score (nSPS) is 17.5. The largest absolute Gasteiger partial charge is 0.490 e. The number of aryl methyl sites for hydroxylation is 1. The van der Waals surface area contributed by atoms with Crippen LogP contribution in [0.1, 0.15) is 18.4 Å². The molecule has 0 heterocycles. The van der Waals surface area contributed by atoms with Crippen molar-refractivity contribution in [2.75, 3.05) is 12.4 Å². The van der Waals surface area contributed by atoms with Crippen molar-refractivity contribution >= 4 is 12.6 Å². The van der Waals surface area contributed by atoms with Crippen LogP contribution >= 0.6 is 12.6 Å². The fourth-order valence-electron chi connectivity index (χ4n) is 1.48. The van der Waals surface area contributed by atoms with E-state index < -0.39 is 0 Å². The second kappa shape index (κ2) is 4.05. The minimum Gasteiger partial charge on any atom is -0.490 e. The van der Waals surface area contributed by atoms with Gasteiger partial charge in [-0.2, -0.15) is 12.6 Å². The van der Waals surface area contributed by atoms with Gasteiger partial charge in [0.05, 0.1) is 6.61 Å². The first-order valence-corrected chi connectivity index (χ1v) is 5.78. The molecule has 15 heavy (non-hydrogen) atoms. The Balaban J connectivity index is 2.01. The van der Waals surface area contributed by atoms with Gasteiger partial charge in [0.2, 0.25) is 0 Å². The Hall–Kier alpha value is -0.700. The second-order valence-electron chi connectivity index (χ2n) is 4.38. The van der Waals surface area contributed by atoms with E-state index in [1.54, 1.807) is 12.1 Å². The number of benzene rings is 1. The van der Waals surface area contributed by atoms with Crippen molar-refractivity contribution < 1.29 is 9.13 Å². The van der Waals surface area contributed by atoms with Crippen molar-refractivity contribution in [3.8, 4) is 5.75 Å². The summed E-state index contributed by atoms with van der Waals surface area (Å²) in [5, 5.41) is 0. The fourth-order valence-corrected chi connectivity index (χ4v) is 1.88. The summed E-state index contributed by atoms with van der Waals surface area (Å²) < 4.78 is 18.8. The maximum atomic E-state index is 13.3. The highest BCUT2D eigenvalue weighted by molar-refractivity contribution is 7.80. The van der Waals surface area contributed by atoms with Crippen molar-refractivity contribution in [3.05, 3.63) is 29.6 Å². The first-order chi connectivity index (χ1) is 7.15. The Morgan fingerprint density at radius 2 is 2.20 bits per heavy atom. The van der Waals surface area contributed by atoms with E-state index in [0.29, 0.717) is 12.4 Å². The van der Waals surface area contributed by atoms with Crippen molar-refractivity contribution in [1.82, 2.24) is 0 Å². The molecule has 0 saturated heterocycles. The van der Waals surface area contributed by atoms with Crippen LogP contribution in [0.5, 0.6) is 5.75 Å². The maximum absolute atomic E-state index is 13.3.